The van der Waals surface area contributed by atoms with E-state index in [1.807, 2.05) is 13.8 Å². The summed E-state index contributed by atoms with van der Waals surface area (Å²) in [6.07, 6.45) is 1.45. The molecule has 0 aromatic carbocycles. The number of nitrogens with zero attached hydrogens (tertiary/aromatic N) is 2. The molecule has 0 saturated heterocycles. The minimum Gasteiger partial charge on any atom is -0.351 e. The van der Waals surface area contributed by atoms with Crippen LogP contribution in [-0.2, 0) is 0 Å². The van der Waals surface area contributed by atoms with E-state index in [4.69, 9.17) is 11.6 Å². The summed E-state index contributed by atoms with van der Waals surface area (Å²) in [5.74, 6) is 0.368. The van der Waals surface area contributed by atoms with Gasteiger partial charge in [-0.15, -0.1) is 16.7 Å². The first kappa shape index (κ1) is 11.4. The number of aromatic nitrogens is 2. The highest BCUT2D eigenvalue weighted by molar-refractivity contribution is 7.07. The van der Waals surface area contributed by atoms with E-state index < -0.39 is 0 Å². The molecule has 0 aliphatic rings. The Morgan fingerprint density at radius 1 is 1.71 bits per heavy atom. The zero-order valence-corrected chi connectivity index (χ0v) is 9.65. The second-order valence-electron chi connectivity index (χ2n) is 3.76. The van der Waals surface area contributed by atoms with Crippen LogP contribution in [0.3, 0.4) is 0 Å². The molecule has 0 radical (unpaired) electrons. The lowest BCUT2D eigenvalue weighted by Gasteiger charge is -2.21. The number of halogens is 1. The quantitative estimate of drug-likeness (QED) is 0.803. The van der Waals surface area contributed by atoms with Crippen LogP contribution in [0.1, 0.15) is 23.5 Å². The van der Waals surface area contributed by atoms with Crippen LogP contribution >= 0.6 is 23.1 Å². The van der Waals surface area contributed by atoms with Gasteiger partial charge in [-0.05, 0) is 16.9 Å². The van der Waals surface area contributed by atoms with Gasteiger partial charge in [0, 0.05) is 12.4 Å². The smallest absolute Gasteiger partial charge is 0.264 e. The van der Waals surface area contributed by atoms with Crippen LogP contribution in [0.2, 0.25) is 0 Å². The van der Waals surface area contributed by atoms with Gasteiger partial charge in [0.05, 0.1) is 6.20 Å². The number of hydrogen-bond acceptors (Lipinski definition) is 4. The molecule has 0 bridgehead atoms. The Morgan fingerprint density at radius 2 is 2.43 bits per heavy atom. The summed E-state index contributed by atoms with van der Waals surface area (Å²) in [7, 11) is 0. The highest BCUT2D eigenvalue weighted by atomic mass is 35.5. The van der Waals surface area contributed by atoms with E-state index in [-0.39, 0.29) is 11.3 Å². The Labute approximate surface area is 91.8 Å². The molecule has 1 N–H and O–H groups in total. The summed E-state index contributed by atoms with van der Waals surface area (Å²) >= 11 is 6.81. The highest BCUT2D eigenvalue weighted by Crippen LogP contribution is 2.15. The fourth-order valence-electron chi connectivity index (χ4n) is 0.721. The maximum Gasteiger partial charge on any atom is 0.264 e. The van der Waals surface area contributed by atoms with Crippen molar-refractivity contribution in [3.05, 3.63) is 11.1 Å². The molecular weight excluding hydrogens is 222 g/mol. The van der Waals surface area contributed by atoms with E-state index in [1.54, 1.807) is 0 Å². The second kappa shape index (κ2) is 4.70. The number of nitrogens with one attached hydrogen (secondary N) is 1. The zero-order chi connectivity index (χ0) is 10.6. The van der Waals surface area contributed by atoms with Gasteiger partial charge in [-0.3, -0.25) is 4.79 Å². The SMILES string of the molecule is CC(C)(CCl)CNC(=O)c1cnns1. The summed E-state index contributed by atoms with van der Waals surface area (Å²) in [5.41, 5.74) is -0.0880. The molecule has 0 aliphatic heterocycles. The van der Waals surface area contributed by atoms with E-state index in [0.717, 1.165) is 11.5 Å². The summed E-state index contributed by atoms with van der Waals surface area (Å²) in [4.78, 5) is 12.0. The van der Waals surface area contributed by atoms with Gasteiger partial charge in [0.25, 0.3) is 5.91 Å². The molecule has 0 unspecified atom stereocenters. The number of hydrogen-bond donors (Lipinski definition) is 1. The van der Waals surface area contributed by atoms with Crippen molar-refractivity contribution in [2.75, 3.05) is 12.4 Å². The topological polar surface area (TPSA) is 54.9 Å². The Balaban J connectivity index is 2.43. The Bertz CT molecular complexity index is 300. The van der Waals surface area contributed by atoms with Gasteiger partial charge < -0.3 is 5.32 Å². The molecule has 1 heterocycles. The average Bonchev–Trinajstić information content (AvgIpc) is 2.67. The fraction of sp³-hybridized carbons (Fsp3) is 0.625. The fourth-order valence-corrected chi connectivity index (χ4v) is 1.25. The maximum absolute atomic E-state index is 11.4. The summed E-state index contributed by atoms with van der Waals surface area (Å²) in [5, 5.41) is 6.37. The molecule has 0 fully saturated rings. The van der Waals surface area contributed by atoms with E-state index in [2.05, 4.69) is 14.9 Å². The zero-order valence-electron chi connectivity index (χ0n) is 8.08. The predicted octanol–water partition coefficient (Wildman–Crippen LogP) is 1.53. The lowest BCUT2D eigenvalue weighted by molar-refractivity contribution is 0.0944. The van der Waals surface area contributed by atoms with Crippen molar-refractivity contribution >= 4 is 29.0 Å². The van der Waals surface area contributed by atoms with Gasteiger partial charge in [-0.2, -0.15) is 0 Å². The van der Waals surface area contributed by atoms with Crippen molar-refractivity contribution in [3.8, 4) is 0 Å². The molecule has 0 atom stereocenters. The van der Waals surface area contributed by atoms with Crippen molar-refractivity contribution in [2.24, 2.45) is 5.41 Å². The Hall–Kier alpha value is -0.680. The molecule has 4 nitrogen and oxygen atoms in total. The van der Waals surface area contributed by atoms with Crippen LogP contribution in [0.25, 0.3) is 0 Å². The predicted molar refractivity (Wildman–Crippen MR) is 56.7 cm³/mol. The van der Waals surface area contributed by atoms with Crippen LogP contribution < -0.4 is 5.32 Å². The standard InChI is InChI=1S/C8H12ClN3OS/c1-8(2,4-9)5-10-7(13)6-3-11-12-14-6/h3H,4-5H2,1-2H3,(H,10,13). The third-order valence-corrected chi connectivity index (χ3v) is 3.06. The Morgan fingerprint density at radius 3 is 2.93 bits per heavy atom. The number of amides is 1. The molecule has 1 aromatic heterocycles. The summed E-state index contributed by atoms with van der Waals surface area (Å²) in [6.45, 7) is 4.53. The number of carbonyl (C=O) groups is 1. The first-order valence-corrected chi connectivity index (χ1v) is 5.47. The average molecular weight is 234 g/mol. The van der Waals surface area contributed by atoms with Gasteiger partial charge in [0.15, 0.2) is 0 Å². The van der Waals surface area contributed by atoms with Gasteiger partial charge in [0.2, 0.25) is 0 Å². The molecule has 1 aromatic rings. The highest BCUT2D eigenvalue weighted by Gasteiger charge is 2.18. The van der Waals surface area contributed by atoms with E-state index in [0.29, 0.717) is 17.3 Å². The molecule has 78 valence electrons. The minimum atomic E-state index is -0.141. The molecule has 1 rings (SSSR count). The molecule has 0 aliphatic carbocycles. The number of rotatable bonds is 4. The largest absolute Gasteiger partial charge is 0.351 e. The Kier molecular flexibility index (Phi) is 3.83. The van der Waals surface area contributed by atoms with Crippen molar-refractivity contribution in [3.63, 3.8) is 0 Å². The van der Waals surface area contributed by atoms with Crippen LogP contribution in [0.4, 0.5) is 0 Å². The third kappa shape index (κ3) is 3.23. The van der Waals surface area contributed by atoms with Crippen molar-refractivity contribution in [1.82, 2.24) is 14.9 Å². The van der Waals surface area contributed by atoms with Gasteiger partial charge >= 0.3 is 0 Å². The molecule has 1 amide bonds. The minimum absolute atomic E-state index is 0.0880. The van der Waals surface area contributed by atoms with Crippen molar-refractivity contribution < 1.29 is 4.79 Å². The van der Waals surface area contributed by atoms with Crippen LogP contribution in [0.5, 0.6) is 0 Å². The van der Waals surface area contributed by atoms with Gasteiger partial charge in [-0.25, -0.2) is 0 Å². The van der Waals surface area contributed by atoms with Crippen LogP contribution in [0, 0.1) is 5.41 Å². The van der Waals surface area contributed by atoms with E-state index in [9.17, 15) is 4.79 Å². The summed E-state index contributed by atoms with van der Waals surface area (Å²) in [6, 6.07) is 0. The number of carbonyl (C=O) groups excluding carboxylic acids is 1. The van der Waals surface area contributed by atoms with Crippen molar-refractivity contribution in [2.45, 2.75) is 13.8 Å². The first-order valence-electron chi connectivity index (χ1n) is 4.17. The lowest BCUT2D eigenvalue weighted by atomic mass is 9.96. The molecule has 0 spiro atoms. The van der Waals surface area contributed by atoms with Crippen molar-refractivity contribution in [1.29, 1.82) is 0 Å². The second-order valence-corrected chi connectivity index (χ2v) is 4.82. The monoisotopic (exact) mass is 233 g/mol. The normalized spacial score (nSPS) is 11.4. The molecular formula is C8H12ClN3OS. The maximum atomic E-state index is 11.4. The first-order chi connectivity index (χ1) is 6.55. The van der Waals surface area contributed by atoms with Gasteiger partial charge in [-0.1, -0.05) is 18.3 Å². The number of alkyl halides is 1. The van der Waals surface area contributed by atoms with Crippen LogP contribution in [0.15, 0.2) is 6.20 Å². The van der Waals surface area contributed by atoms with Crippen LogP contribution in [-0.4, -0.2) is 27.9 Å². The third-order valence-electron chi connectivity index (χ3n) is 1.67. The van der Waals surface area contributed by atoms with E-state index in [1.165, 1.54) is 6.20 Å². The molecule has 14 heavy (non-hydrogen) atoms. The van der Waals surface area contributed by atoms with Gasteiger partial charge in [0.1, 0.15) is 4.88 Å². The summed E-state index contributed by atoms with van der Waals surface area (Å²) < 4.78 is 3.61. The lowest BCUT2D eigenvalue weighted by Crippen LogP contribution is -2.34. The van der Waals surface area contributed by atoms with E-state index >= 15 is 0 Å². The molecule has 0 saturated carbocycles. The molecule has 6 heteroatoms.